The van der Waals surface area contributed by atoms with E-state index in [1.54, 1.807) is 0 Å². The number of fused-ring (bicyclic) bond motifs is 13. The van der Waals surface area contributed by atoms with Crippen molar-refractivity contribution >= 4 is 21.7 Å². The standard InChI is InChI=1S/C60H37N3O/c1-3-15-38(16-4-1)39-27-29-40(30-28-39)53-37-54(63-59(62-53)43-17-5-2-6-18-43)41-31-33-42(34-32-41)57-47-35-36-51-58(56(47)46-21-9-13-25-52(46)61-57)64-55-26-14-12-24-50(55)60(51)48-22-10-7-19-44(48)45-20-8-11-23-49(45)60/h1-37H. The molecule has 11 aromatic rings. The summed E-state index contributed by atoms with van der Waals surface area (Å²) < 4.78 is 7.17. The number of nitrogens with zero attached hydrogens (tertiary/aromatic N) is 3. The molecule has 1 spiro atoms. The zero-order valence-electron chi connectivity index (χ0n) is 34.6. The number of benzene rings is 9. The average Bonchev–Trinajstić information content (AvgIpc) is 3.67. The van der Waals surface area contributed by atoms with E-state index in [1.165, 1.54) is 27.8 Å². The van der Waals surface area contributed by atoms with Gasteiger partial charge in [0.1, 0.15) is 11.5 Å². The maximum atomic E-state index is 7.17. The zero-order chi connectivity index (χ0) is 42.2. The van der Waals surface area contributed by atoms with Crippen molar-refractivity contribution in [2.24, 2.45) is 0 Å². The fraction of sp³-hybridized carbons (Fsp3) is 0.0167. The van der Waals surface area contributed by atoms with Crippen LogP contribution in [0, 0.1) is 0 Å². The molecule has 4 nitrogen and oxygen atoms in total. The fourth-order valence-corrected chi connectivity index (χ4v) is 10.3. The topological polar surface area (TPSA) is 47.9 Å². The lowest BCUT2D eigenvalue weighted by molar-refractivity contribution is 0.442. The molecule has 1 aliphatic heterocycles. The highest BCUT2D eigenvalue weighted by molar-refractivity contribution is 6.15. The van der Waals surface area contributed by atoms with E-state index in [1.807, 2.05) is 24.3 Å². The van der Waals surface area contributed by atoms with Gasteiger partial charge in [-0.05, 0) is 51.6 Å². The van der Waals surface area contributed by atoms with Gasteiger partial charge in [-0.1, -0.05) is 206 Å². The average molecular weight is 816 g/mol. The van der Waals surface area contributed by atoms with Crippen LogP contribution in [-0.4, -0.2) is 15.0 Å². The molecule has 0 N–H and O–H groups in total. The lowest BCUT2D eigenvalue weighted by Gasteiger charge is -2.40. The quantitative estimate of drug-likeness (QED) is 0.162. The van der Waals surface area contributed by atoms with Crippen LogP contribution in [0.3, 0.4) is 0 Å². The van der Waals surface area contributed by atoms with Gasteiger partial charge in [0.2, 0.25) is 0 Å². The smallest absolute Gasteiger partial charge is 0.160 e. The summed E-state index contributed by atoms with van der Waals surface area (Å²) in [6, 6.07) is 79.4. The molecule has 4 heteroatoms. The zero-order valence-corrected chi connectivity index (χ0v) is 34.6. The maximum absolute atomic E-state index is 7.17. The summed E-state index contributed by atoms with van der Waals surface area (Å²) in [5, 5.41) is 3.15. The Bertz CT molecular complexity index is 3570. The minimum atomic E-state index is -0.559. The van der Waals surface area contributed by atoms with Crippen molar-refractivity contribution < 1.29 is 4.74 Å². The predicted octanol–water partition coefficient (Wildman–Crippen LogP) is 15.0. The number of rotatable bonds is 5. The number of hydrogen-bond acceptors (Lipinski definition) is 4. The molecule has 2 aromatic heterocycles. The molecule has 0 radical (unpaired) electrons. The lowest BCUT2D eigenvalue weighted by Crippen LogP contribution is -2.32. The Morgan fingerprint density at radius 1 is 0.344 bits per heavy atom. The SMILES string of the molecule is c1ccc(-c2ccc(-c3cc(-c4ccc(-c5nc6ccccc6c6c7c(ccc56)C5(c6ccccc6O7)c6ccccc6-c6ccccc65)cc4)nc(-c4ccccc4)n3)cc2)cc1. The van der Waals surface area contributed by atoms with Crippen LogP contribution >= 0.6 is 0 Å². The van der Waals surface area contributed by atoms with Gasteiger partial charge in [0.25, 0.3) is 0 Å². The molecule has 13 rings (SSSR count). The van der Waals surface area contributed by atoms with Crippen LogP contribution in [0.1, 0.15) is 22.3 Å². The summed E-state index contributed by atoms with van der Waals surface area (Å²) in [5.41, 5.74) is 16.7. The van der Waals surface area contributed by atoms with Crippen LogP contribution in [-0.2, 0) is 5.41 Å². The molecule has 0 atom stereocenters. The van der Waals surface area contributed by atoms with E-state index in [0.717, 1.165) is 89.2 Å². The monoisotopic (exact) mass is 815 g/mol. The summed E-state index contributed by atoms with van der Waals surface area (Å²) in [5.74, 6) is 2.42. The van der Waals surface area contributed by atoms with Gasteiger partial charge in [-0.15, -0.1) is 0 Å². The molecule has 0 unspecified atom stereocenters. The molecular formula is C60H37N3O. The molecule has 9 aromatic carbocycles. The molecule has 298 valence electrons. The van der Waals surface area contributed by atoms with E-state index in [2.05, 4.69) is 200 Å². The second-order valence-electron chi connectivity index (χ2n) is 16.6. The first-order valence-corrected chi connectivity index (χ1v) is 21.8. The minimum Gasteiger partial charge on any atom is -0.456 e. The summed E-state index contributed by atoms with van der Waals surface area (Å²) in [6.07, 6.45) is 0. The molecular weight excluding hydrogens is 779 g/mol. The number of pyridine rings is 1. The Morgan fingerprint density at radius 2 is 0.859 bits per heavy atom. The molecule has 1 aliphatic carbocycles. The number of hydrogen-bond donors (Lipinski definition) is 0. The highest BCUT2D eigenvalue weighted by atomic mass is 16.5. The van der Waals surface area contributed by atoms with Crippen molar-refractivity contribution in [2.75, 3.05) is 0 Å². The Morgan fingerprint density at radius 3 is 1.53 bits per heavy atom. The first kappa shape index (κ1) is 36.2. The van der Waals surface area contributed by atoms with Crippen LogP contribution in [0.5, 0.6) is 11.5 Å². The minimum absolute atomic E-state index is 0.559. The van der Waals surface area contributed by atoms with Crippen LogP contribution in [0.2, 0.25) is 0 Å². The van der Waals surface area contributed by atoms with Gasteiger partial charge >= 0.3 is 0 Å². The van der Waals surface area contributed by atoms with Crippen LogP contribution < -0.4 is 4.74 Å². The van der Waals surface area contributed by atoms with Crippen molar-refractivity contribution in [1.82, 2.24) is 15.0 Å². The van der Waals surface area contributed by atoms with E-state index < -0.39 is 5.41 Å². The summed E-state index contributed by atoms with van der Waals surface area (Å²) in [4.78, 5) is 15.6. The Balaban J connectivity index is 0.969. The van der Waals surface area contributed by atoms with Crippen LogP contribution in [0.4, 0.5) is 0 Å². The van der Waals surface area contributed by atoms with Gasteiger partial charge in [0.15, 0.2) is 5.82 Å². The Hall–Kier alpha value is -8.47. The van der Waals surface area contributed by atoms with E-state index in [4.69, 9.17) is 19.7 Å². The highest BCUT2D eigenvalue weighted by Crippen LogP contribution is 2.63. The largest absolute Gasteiger partial charge is 0.456 e. The van der Waals surface area contributed by atoms with Gasteiger partial charge in [0, 0.05) is 49.5 Å². The Labute approximate surface area is 370 Å². The van der Waals surface area contributed by atoms with Gasteiger partial charge in [-0.3, -0.25) is 0 Å². The van der Waals surface area contributed by atoms with Crippen molar-refractivity contribution in [3.05, 3.63) is 247 Å². The summed E-state index contributed by atoms with van der Waals surface area (Å²) in [7, 11) is 0. The second kappa shape index (κ2) is 14.3. The van der Waals surface area contributed by atoms with Crippen molar-refractivity contribution in [3.63, 3.8) is 0 Å². The van der Waals surface area contributed by atoms with E-state index in [-0.39, 0.29) is 0 Å². The van der Waals surface area contributed by atoms with E-state index in [9.17, 15) is 0 Å². The van der Waals surface area contributed by atoms with Crippen molar-refractivity contribution in [2.45, 2.75) is 5.41 Å². The predicted molar refractivity (Wildman–Crippen MR) is 259 cm³/mol. The van der Waals surface area contributed by atoms with Gasteiger partial charge in [-0.25, -0.2) is 15.0 Å². The van der Waals surface area contributed by atoms with Crippen molar-refractivity contribution in [1.29, 1.82) is 0 Å². The van der Waals surface area contributed by atoms with Gasteiger partial charge < -0.3 is 4.74 Å². The molecule has 0 bridgehead atoms. The highest BCUT2D eigenvalue weighted by Gasteiger charge is 2.51. The second-order valence-corrected chi connectivity index (χ2v) is 16.6. The molecule has 3 heterocycles. The number of aromatic nitrogens is 3. The van der Waals surface area contributed by atoms with Crippen LogP contribution in [0.25, 0.3) is 89.1 Å². The third-order valence-corrected chi connectivity index (χ3v) is 13.2. The molecule has 0 saturated heterocycles. The molecule has 0 fully saturated rings. The summed E-state index contributed by atoms with van der Waals surface area (Å²) >= 11 is 0. The lowest BCUT2D eigenvalue weighted by atomic mass is 9.65. The normalized spacial score (nSPS) is 12.9. The molecule has 0 amide bonds. The van der Waals surface area contributed by atoms with E-state index in [0.29, 0.717) is 5.82 Å². The first-order chi connectivity index (χ1) is 31.7. The Kier molecular flexibility index (Phi) is 8.09. The number of para-hydroxylation sites is 2. The summed E-state index contributed by atoms with van der Waals surface area (Å²) in [6.45, 7) is 0. The fourth-order valence-electron chi connectivity index (χ4n) is 10.3. The molecule has 64 heavy (non-hydrogen) atoms. The molecule has 0 saturated carbocycles. The van der Waals surface area contributed by atoms with Crippen molar-refractivity contribution in [3.8, 4) is 78.9 Å². The maximum Gasteiger partial charge on any atom is 0.160 e. The van der Waals surface area contributed by atoms with Crippen LogP contribution in [0.15, 0.2) is 224 Å². The number of ether oxygens (including phenoxy) is 1. The van der Waals surface area contributed by atoms with E-state index >= 15 is 0 Å². The van der Waals surface area contributed by atoms with Gasteiger partial charge in [0.05, 0.1) is 28.0 Å². The third-order valence-electron chi connectivity index (χ3n) is 13.2. The third kappa shape index (κ3) is 5.46. The first-order valence-electron chi connectivity index (χ1n) is 21.8. The van der Waals surface area contributed by atoms with Gasteiger partial charge in [-0.2, -0.15) is 0 Å². The molecule has 2 aliphatic rings.